The molecule has 0 spiro atoms. The molecule has 174 valence electrons. The number of rotatable bonds is 3. The Morgan fingerprint density at radius 2 is 1.82 bits per heavy atom. The molecule has 1 aliphatic heterocycles. The van der Waals surface area contributed by atoms with Gasteiger partial charge in [0.15, 0.2) is 0 Å². The Balaban J connectivity index is 1.41. The molecule has 0 N–H and O–H groups in total. The highest BCUT2D eigenvalue weighted by atomic mass is 79.9. The Morgan fingerprint density at radius 1 is 1.09 bits per heavy atom. The summed E-state index contributed by atoms with van der Waals surface area (Å²) < 4.78 is 6.84. The van der Waals surface area contributed by atoms with E-state index < -0.39 is 0 Å². The van der Waals surface area contributed by atoms with Crippen LogP contribution in [-0.2, 0) is 27.2 Å². The largest absolute Gasteiger partial charge is 0.469 e. The third-order valence-corrected chi connectivity index (χ3v) is 8.66. The second-order valence-corrected chi connectivity index (χ2v) is 11.5. The Kier molecular flexibility index (Phi) is 6.57. The number of ether oxygens (including phenoxy) is 1. The topological polar surface area (TPSA) is 59.5 Å². The lowest BCUT2D eigenvalue weighted by Crippen LogP contribution is -2.41. The second-order valence-electron chi connectivity index (χ2n) is 9.27. The number of hydrogen-bond acceptors (Lipinski definition) is 4. The van der Waals surface area contributed by atoms with Gasteiger partial charge in [-0.05, 0) is 88.8 Å². The van der Waals surface area contributed by atoms with Gasteiger partial charge in [-0.2, -0.15) is 0 Å². The summed E-state index contributed by atoms with van der Waals surface area (Å²) in [5, 5.41) is 0.740. The maximum Gasteiger partial charge on any atom is 0.309 e. The number of esters is 1. The number of aryl methyl sites for hydroxylation is 2. The summed E-state index contributed by atoms with van der Waals surface area (Å²) >= 11 is 13.8. The van der Waals surface area contributed by atoms with Gasteiger partial charge in [-0.1, -0.05) is 27.5 Å². The standard InChI is InChI=1S/C25H25Br2ClN2O3/c1-33-25(32)19-11-18(19)24(31)30-6-4-13(5-7-30)22-21-14(9-17(28)10-20(21)27)2-3-15-8-16(26)12-29-23(15)22/h8-10,12-13,18-19,22H,2-7,11H2,1H3/t18?,19?,22-/m1/s1. The average molecular weight is 597 g/mol. The Bertz CT molecular complexity index is 1120. The monoisotopic (exact) mass is 594 g/mol. The zero-order chi connectivity index (χ0) is 23.3. The van der Waals surface area contributed by atoms with Crippen LogP contribution in [0.1, 0.15) is 47.6 Å². The number of likely N-dealkylation sites (tertiary alicyclic amines) is 1. The number of benzene rings is 1. The minimum absolute atomic E-state index is 0.0977. The van der Waals surface area contributed by atoms with E-state index in [-0.39, 0.29) is 29.6 Å². The number of nitrogens with zero attached hydrogens (tertiary/aromatic N) is 2. The summed E-state index contributed by atoms with van der Waals surface area (Å²) in [5.74, 6) is -0.117. The lowest BCUT2D eigenvalue weighted by molar-refractivity contribution is -0.145. The van der Waals surface area contributed by atoms with Crippen LogP contribution in [0.5, 0.6) is 0 Å². The van der Waals surface area contributed by atoms with Crippen molar-refractivity contribution in [1.82, 2.24) is 9.88 Å². The molecule has 8 heteroatoms. The van der Waals surface area contributed by atoms with Gasteiger partial charge in [0, 0.05) is 39.2 Å². The third-order valence-electron chi connectivity index (χ3n) is 7.35. The average Bonchev–Trinajstić information content (AvgIpc) is 3.61. The first-order chi connectivity index (χ1) is 15.9. The third kappa shape index (κ3) is 4.48. The number of carbonyl (C=O) groups is 2. The Labute approximate surface area is 215 Å². The first-order valence-electron chi connectivity index (χ1n) is 11.4. The predicted molar refractivity (Wildman–Crippen MR) is 133 cm³/mol. The van der Waals surface area contributed by atoms with E-state index in [0.717, 1.165) is 45.3 Å². The van der Waals surface area contributed by atoms with Gasteiger partial charge in [0.05, 0.1) is 24.6 Å². The molecule has 3 aliphatic rings. The van der Waals surface area contributed by atoms with Crippen LogP contribution in [0.15, 0.2) is 33.3 Å². The minimum atomic E-state index is -0.268. The lowest BCUT2D eigenvalue weighted by atomic mass is 9.76. The minimum Gasteiger partial charge on any atom is -0.469 e. The number of piperidine rings is 1. The van der Waals surface area contributed by atoms with E-state index in [1.807, 2.05) is 17.2 Å². The van der Waals surface area contributed by atoms with Crippen molar-refractivity contribution in [3.05, 3.63) is 60.7 Å². The summed E-state index contributed by atoms with van der Waals surface area (Å²) in [5.41, 5.74) is 4.96. The molecule has 2 fully saturated rings. The number of carbonyl (C=O) groups excluding carboxylic acids is 2. The van der Waals surface area contributed by atoms with Crippen molar-refractivity contribution in [2.45, 2.75) is 38.0 Å². The molecule has 2 heterocycles. The summed E-state index contributed by atoms with van der Waals surface area (Å²) in [4.78, 5) is 31.5. The molecule has 1 aromatic heterocycles. The Morgan fingerprint density at radius 3 is 2.55 bits per heavy atom. The molecule has 2 unspecified atom stereocenters. The van der Waals surface area contributed by atoms with Gasteiger partial charge in [-0.15, -0.1) is 0 Å². The highest BCUT2D eigenvalue weighted by molar-refractivity contribution is 9.10. The summed E-state index contributed by atoms with van der Waals surface area (Å²) in [7, 11) is 1.38. The molecule has 1 saturated carbocycles. The van der Waals surface area contributed by atoms with Crippen LogP contribution in [0, 0.1) is 17.8 Å². The zero-order valence-electron chi connectivity index (χ0n) is 18.3. The van der Waals surface area contributed by atoms with E-state index in [2.05, 4.69) is 44.0 Å². The molecule has 2 aliphatic carbocycles. The van der Waals surface area contributed by atoms with Gasteiger partial charge < -0.3 is 9.64 Å². The molecule has 3 atom stereocenters. The molecule has 2 aromatic rings. The van der Waals surface area contributed by atoms with E-state index in [1.165, 1.54) is 23.8 Å². The first kappa shape index (κ1) is 23.3. The molecule has 0 radical (unpaired) electrons. The molecule has 1 aromatic carbocycles. The van der Waals surface area contributed by atoms with Crippen LogP contribution in [0.3, 0.4) is 0 Å². The summed E-state index contributed by atoms with van der Waals surface area (Å²) in [6.45, 7) is 1.41. The second kappa shape index (κ2) is 9.31. The maximum absolute atomic E-state index is 12.9. The van der Waals surface area contributed by atoms with Gasteiger partial charge in [-0.3, -0.25) is 14.6 Å². The number of halogens is 3. The molecule has 0 bridgehead atoms. The number of amides is 1. The van der Waals surface area contributed by atoms with Crippen molar-refractivity contribution < 1.29 is 14.3 Å². The van der Waals surface area contributed by atoms with E-state index >= 15 is 0 Å². The normalized spacial score (nSPS) is 24.5. The summed E-state index contributed by atoms with van der Waals surface area (Å²) in [6.07, 6.45) is 6.14. The van der Waals surface area contributed by atoms with Crippen molar-refractivity contribution in [3.63, 3.8) is 0 Å². The molecule has 5 nitrogen and oxygen atoms in total. The quantitative estimate of drug-likeness (QED) is 0.437. The highest BCUT2D eigenvalue weighted by Gasteiger charge is 2.51. The number of pyridine rings is 1. The SMILES string of the molecule is COC(=O)C1CC1C(=O)N1CCC([C@H]2c3ncc(Br)cc3CCc3cc(Cl)cc(Br)c32)CC1. The van der Waals surface area contributed by atoms with Gasteiger partial charge in [0.1, 0.15) is 0 Å². The lowest BCUT2D eigenvalue weighted by Gasteiger charge is -2.37. The van der Waals surface area contributed by atoms with Crippen molar-refractivity contribution in [3.8, 4) is 0 Å². The highest BCUT2D eigenvalue weighted by Crippen LogP contribution is 2.47. The Hall–Kier alpha value is -1.44. The molecule has 5 rings (SSSR count). The van der Waals surface area contributed by atoms with Crippen LogP contribution < -0.4 is 0 Å². The van der Waals surface area contributed by atoms with Crippen LogP contribution in [0.2, 0.25) is 5.02 Å². The molecule has 1 saturated heterocycles. The van der Waals surface area contributed by atoms with Gasteiger partial charge in [0.2, 0.25) is 5.91 Å². The fourth-order valence-corrected chi connectivity index (χ4v) is 7.10. The fraction of sp³-hybridized carbons (Fsp3) is 0.480. The molecule has 1 amide bonds. The number of hydrogen-bond donors (Lipinski definition) is 0. The fourth-order valence-electron chi connectivity index (χ4n) is 5.60. The molecular formula is C25H25Br2ClN2O3. The predicted octanol–water partition coefficient (Wildman–Crippen LogP) is 5.54. The zero-order valence-corrected chi connectivity index (χ0v) is 22.2. The summed E-state index contributed by atoms with van der Waals surface area (Å²) in [6, 6.07) is 6.26. The van der Waals surface area contributed by atoms with E-state index in [0.29, 0.717) is 25.4 Å². The first-order valence-corrected chi connectivity index (χ1v) is 13.3. The van der Waals surface area contributed by atoms with Gasteiger partial charge in [-0.25, -0.2) is 0 Å². The molecule has 33 heavy (non-hydrogen) atoms. The van der Waals surface area contributed by atoms with Crippen molar-refractivity contribution in [2.75, 3.05) is 20.2 Å². The number of methoxy groups -OCH3 is 1. The van der Waals surface area contributed by atoms with E-state index in [1.54, 1.807) is 0 Å². The maximum atomic E-state index is 12.9. The number of aromatic nitrogens is 1. The van der Waals surface area contributed by atoms with Gasteiger partial charge in [0.25, 0.3) is 0 Å². The molecular weight excluding hydrogens is 572 g/mol. The van der Waals surface area contributed by atoms with Crippen LogP contribution in [-0.4, -0.2) is 42.0 Å². The smallest absolute Gasteiger partial charge is 0.309 e. The van der Waals surface area contributed by atoms with Crippen molar-refractivity contribution in [2.24, 2.45) is 17.8 Å². The number of fused-ring (bicyclic) bond motifs is 2. The van der Waals surface area contributed by atoms with Crippen LogP contribution >= 0.6 is 43.5 Å². The van der Waals surface area contributed by atoms with Crippen molar-refractivity contribution in [1.29, 1.82) is 0 Å². The van der Waals surface area contributed by atoms with E-state index in [4.69, 9.17) is 21.3 Å². The van der Waals surface area contributed by atoms with Crippen molar-refractivity contribution >= 4 is 55.3 Å². The van der Waals surface area contributed by atoms with E-state index in [9.17, 15) is 9.59 Å². The van der Waals surface area contributed by atoms with Crippen LogP contribution in [0.25, 0.3) is 0 Å². The van der Waals surface area contributed by atoms with Crippen LogP contribution in [0.4, 0.5) is 0 Å². The van der Waals surface area contributed by atoms with Gasteiger partial charge >= 0.3 is 5.97 Å².